The van der Waals surface area contributed by atoms with Crippen LogP contribution < -0.4 is 21.5 Å². The number of nitrogens with zero attached hydrogens (tertiary/aromatic N) is 2. The molecule has 0 unspecified atom stereocenters. The van der Waals surface area contributed by atoms with E-state index in [1.807, 2.05) is 20.8 Å². The third kappa shape index (κ3) is 3.17. The predicted octanol–water partition coefficient (Wildman–Crippen LogP) is -0.694. The molecule has 0 heterocycles. The molecule has 0 N–H and O–H groups in total. The van der Waals surface area contributed by atoms with Crippen molar-refractivity contribution in [2.24, 2.45) is 0 Å². The van der Waals surface area contributed by atoms with Gasteiger partial charge in [0.25, 0.3) is 0 Å². The zero-order chi connectivity index (χ0) is 12.3. The fourth-order valence-electron chi connectivity index (χ4n) is 1.37. The van der Waals surface area contributed by atoms with E-state index in [0.29, 0.717) is 5.56 Å². The molecule has 1 aromatic rings. The van der Waals surface area contributed by atoms with Gasteiger partial charge in [-0.05, 0) is 0 Å². The average molecular weight is 331 g/mol. The fraction of sp³-hybridized carbons (Fsp3) is 0.364. The zero-order valence-corrected chi connectivity index (χ0v) is 11.5. The molecule has 0 amide bonds. The molecule has 4 nitrogen and oxygen atoms in total. The van der Waals surface area contributed by atoms with Crippen molar-refractivity contribution < 1.29 is 24.6 Å². The third-order valence-corrected chi connectivity index (χ3v) is 3.70. The fourth-order valence-corrected chi connectivity index (χ4v) is 2.61. The Morgan fingerprint density at radius 1 is 1.44 bits per heavy atom. The number of hydrogen-bond acceptors (Lipinski definition) is 3. The molecule has 16 heavy (non-hydrogen) atoms. The van der Waals surface area contributed by atoms with Crippen molar-refractivity contribution in [1.29, 1.82) is 5.26 Å². The first-order valence-electron chi connectivity index (χ1n) is 4.68. The van der Waals surface area contributed by atoms with Crippen molar-refractivity contribution in [3.8, 4) is 6.07 Å². The van der Waals surface area contributed by atoms with Gasteiger partial charge in [-0.3, -0.25) is 0 Å². The first-order chi connectivity index (χ1) is 7.34. The van der Waals surface area contributed by atoms with Gasteiger partial charge >= 0.3 is 105 Å². The number of nitriles is 1. The van der Waals surface area contributed by atoms with Crippen LogP contribution in [0.5, 0.6) is 0 Å². The molecule has 0 bridgehead atoms. The third-order valence-electron chi connectivity index (χ3n) is 2.08. The maximum absolute atomic E-state index is 10.5. The van der Waals surface area contributed by atoms with E-state index in [9.17, 15) is 10.1 Å². The Balaban J connectivity index is 3.23. The maximum atomic E-state index is 10.5. The summed E-state index contributed by atoms with van der Waals surface area (Å²) >= 11 is -1.20. The topological polar surface area (TPSA) is 66.9 Å². The van der Waals surface area contributed by atoms with Gasteiger partial charge in [0.15, 0.2) is 0 Å². The van der Waals surface area contributed by atoms with E-state index in [0.717, 1.165) is 9.13 Å². The second-order valence-corrected chi connectivity index (χ2v) is 6.86. The summed E-state index contributed by atoms with van der Waals surface area (Å²) in [7, 11) is 0. The second-order valence-electron chi connectivity index (χ2n) is 4.35. The molecule has 0 aliphatic rings. The molecule has 0 fully saturated rings. The van der Waals surface area contributed by atoms with Crippen LogP contribution >= 0.6 is 0 Å². The minimum atomic E-state index is -1.20. The van der Waals surface area contributed by atoms with E-state index in [-0.39, 0.29) is 8.55 Å². The van der Waals surface area contributed by atoms with E-state index in [1.54, 1.807) is 18.2 Å². The Bertz CT molecular complexity index is 458. The van der Waals surface area contributed by atoms with E-state index in [1.165, 1.54) is 0 Å². The molecule has 0 saturated carbocycles. The monoisotopic (exact) mass is 331 g/mol. The van der Waals surface area contributed by atoms with Gasteiger partial charge in [-0.15, -0.1) is 0 Å². The molecule has 5 heteroatoms. The van der Waals surface area contributed by atoms with Gasteiger partial charge in [-0.25, -0.2) is 0 Å². The van der Waals surface area contributed by atoms with Gasteiger partial charge < -0.3 is 0 Å². The van der Waals surface area contributed by atoms with Gasteiger partial charge in [-0.1, -0.05) is 0 Å². The predicted molar refractivity (Wildman–Crippen MR) is 55.5 cm³/mol. The van der Waals surface area contributed by atoms with Crippen LogP contribution in [-0.4, -0.2) is 3.14 Å². The van der Waals surface area contributed by atoms with Crippen LogP contribution in [0.3, 0.4) is 0 Å². The van der Waals surface area contributed by atoms with Gasteiger partial charge in [0.1, 0.15) is 0 Å². The molecule has 0 spiro atoms. The molecule has 0 atom stereocenters. The first kappa shape index (κ1) is 12.9. The van der Waals surface area contributed by atoms with Crippen LogP contribution in [0.15, 0.2) is 18.2 Å². The van der Waals surface area contributed by atoms with Gasteiger partial charge in [0.05, 0.1) is 0 Å². The van der Waals surface area contributed by atoms with E-state index >= 15 is 0 Å². The van der Waals surface area contributed by atoms with Crippen molar-refractivity contribution in [2.75, 3.05) is 0 Å². The normalized spacial score (nSPS) is 11.1. The quantitative estimate of drug-likeness (QED) is 0.312. The summed E-state index contributed by atoms with van der Waals surface area (Å²) in [5, 5.41) is 19.5. The summed E-state index contributed by atoms with van der Waals surface area (Å²) in [4.78, 5) is 10.5. The van der Waals surface area contributed by atoms with E-state index < -0.39 is 21.5 Å². The Morgan fingerprint density at radius 3 is 2.50 bits per heavy atom. The van der Waals surface area contributed by atoms with E-state index in [4.69, 9.17) is 5.26 Å². The Labute approximate surface area is 105 Å². The molecular weight excluding hydrogens is 319 g/mol. The second kappa shape index (κ2) is 4.78. The SMILES string of the molecule is CC(C)(C)c1cc([I-][N+](=O)[O-])ccc1C#N. The standard InChI is InChI=1S/C11H12IN2O2/c1-11(2,3)10-6-9(12-14(15)16)5-4-8(10)7-13/h4-6H,1-3H3/q-1. The van der Waals surface area contributed by atoms with Gasteiger partial charge in [-0.2, -0.15) is 0 Å². The average Bonchev–Trinajstić information content (AvgIpc) is 2.15. The summed E-state index contributed by atoms with van der Waals surface area (Å²) in [6.45, 7) is 5.99. The molecule has 0 radical (unpaired) electrons. The summed E-state index contributed by atoms with van der Waals surface area (Å²) in [5.41, 5.74) is 1.32. The van der Waals surface area contributed by atoms with Crippen molar-refractivity contribution in [3.63, 3.8) is 0 Å². The number of rotatable bonds is 2. The number of halogens is 1. The summed E-state index contributed by atoms with van der Waals surface area (Å²) in [6, 6.07) is 7.29. The van der Waals surface area contributed by atoms with E-state index in [2.05, 4.69) is 6.07 Å². The summed E-state index contributed by atoms with van der Waals surface area (Å²) in [6.07, 6.45) is 0. The molecule has 86 valence electrons. The van der Waals surface area contributed by atoms with Crippen molar-refractivity contribution in [1.82, 2.24) is 0 Å². The molecule has 1 rings (SSSR count). The zero-order valence-electron chi connectivity index (χ0n) is 9.32. The van der Waals surface area contributed by atoms with Crippen molar-refractivity contribution in [2.45, 2.75) is 26.2 Å². The van der Waals surface area contributed by atoms with Crippen molar-refractivity contribution >= 4 is 0 Å². The van der Waals surface area contributed by atoms with Crippen LogP contribution in [0.25, 0.3) is 0 Å². The number of nitro groups is 1. The first-order valence-corrected chi connectivity index (χ1v) is 6.73. The van der Waals surface area contributed by atoms with Crippen LogP contribution in [0.1, 0.15) is 31.9 Å². The van der Waals surface area contributed by atoms with Crippen LogP contribution in [-0.2, 0) is 5.41 Å². The molecule has 0 aromatic heterocycles. The molecule has 1 aromatic carbocycles. The Morgan fingerprint density at radius 2 is 2.06 bits per heavy atom. The van der Waals surface area contributed by atoms with Crippen LogP contribution in [0.4, 0.5) is 0 Å². The van der Waals surface area contributed by atoms with Crippen LogP contribution in [0, 0.1) is 25.0 Å². The number of benzene rings is 1. The molecule has 0 saturated heterocycles. The molecule has 0 aliphatic carbocycles. The Kier molecular flexibility index (Phi) is 3.86. The minimum absolute atomic E-state index is 0.165. The van der Waals surface area contributed by atoms with Crippen LogP contribution in [0.2, 0.25) is 0 Å². The van der Waals surface area contributed by atoms with Crippen molar-refractivity contribution in [3.05, 3.63) is 43.0 Å². The molecular formula is C11H12IN2O2-. The summed E-state index contributed by atoms with van der Waals surface area (Å²) < 4.78 is 0.486. The van der Waals surface area contributed by atoms with Gasteiger partial charge in [0.2, 0.25) is 0 Å². The molecule has 0 aliphatic heterocycles. The summed E-state index contributed by atoms with van der Waals surface area (Å²) in [5.74, 6) is 0. The number of hydrogen-bond donors (Lipinski definition) is 0. The Hall–Kier alpha value is -1.16. The van der Waals surface area contributed by atoms with Gasteiger partial charge in [0, 0.05) is 0 Å².